The molecule has 0 bridgehead atoms. The zero-order valence-electron chi connectivity index (χ0n) is 19.9. The molecular weight excluding hydrogens is 545 g/mol. The lowest BCUT2D eigenvalue weighted by molar-refractivity contribution is -0.137. The normalized spacial score (nSPS) is 16.9. The minimum absolute atomic E-state index is 0.0837. The van der Waals surface area contributed by atoms with Crippen LogP contribution in [0.2, 0.25) is 5.02 Å². The van der Waals surface area contributed by atoms with E-state index in [-0.39, 0.29) is 39.0 Å². The van der Waals surface area contributed by atoms with Gasteiger partial charge >= 0.3 is 6.18 Å². The molecule has 2 aliphatic rings. The summed E-state index contributed by atoms with van der Waals surface area (Å²) in [7, 11) is 0. The van der Waals surface area contributed by atoms with E-state index in [1.54, 1.807) is 0 Å². The van der Waals surface area contributed by atoms with Crippen LogP contribution in [0.15, 0.2) is 42.5 Å². The first-order valence-electron chi connectivity index (χ1n) is 11.9. The van der Waals surface area contributed by atoms with Crippen LogP contribution in [0, 0.1) is 11.6 Å². The van der Waals surface area contributed by atoms with Crippen molar-refractivity contribution in [3.63, 3.8) is 0 Å². The summed E-state index contributed by atoms with van der Waals surface area (Å²) in [6.45, 7) is 0.383. The Morgan fingerprint density at radius 2 is 1.74 bits per heavy atom. The molecule has 6 nitrogen and oxygen atoms in total. The summed E-state index contributed by atoms with van der Waals surface area (Å²) in [5.74, 6) is -4.14. The van der Waals surface area contributed by atoms with Gasteiger partial charge in [0.2, 0.25) is 0 Å². The predicted octanol–water partition coefficient (Wildman–Crippen LogP) is 5.79. The maximum absolute atomic E-state index is 14.2. The number of alkyl halides is 3. The highest BCUT2D eigenvalue weighted by atomic mass is 35.5. The highest BCUT2D eigenvalue weighted by Crippen LogP contribution is 2.43. The summed E-state index contributed by atoms with van der Waals surface area (Å²) in [6, 6.07) is 5.17. The van der Waals surface area contributed by atoms with E-state index in [9.17, 15) is 36.3 Å². The molecule has 202 valence electrons. The first kappa shape index (κ1) is 26.6. The number of benzene rings is 3. The van der Waals surface area contributed by atoms with Crippen molar-refractivity contribution < 1.29 is 36.3 Å². The monoisotopic (exact) mass is 563 g/mol. The third kappa shape index (κ3) is 5.06. The Bertz CT molecular complexity index is 1540. The quantitative estimate of drug-likeness (QED) is 0.353. The fourth-order valence-corrected chi connectivity index (χ4v) is 5.14. The summed E-state index contributed by atoms with van der Waals surface area (Å²) < 4.78 is 67.9. The molecule has 1 unspecified atom stereocenters. The number of carbonyl (C=O) groups excluding carboxylic acids is 3. The minimum atomic E-state index is -4.91. The van der Waals surface area contributed by atoms with Gasteiger partial charge in [-0.2, -0.15) is 13.2 Å². The maximum Gasteiger partial charge on any atom is 0.416 e. The first-order valence-corrected chi connectivity index (χ1v) is 12.2. The van der Waals surface area contributed by atoms with E-state index in [1.807, 2.05) is 0 Å². The molecule has 3 aromatic carbocycles. The van der Waals surface area contributed by atoms with Crippen LogP contribution in [0.1, 0.15) is 72.2 Å². The second kappa shape index (κ2) is 9.96. The van der Waals surface area contributed by atoms with Gasteiger partial charge in [0.1, 0.15) is 11.6 Å². The molecule has 0 saturated carbocycles. The Morgan fingerprint density at radius 1 is 0.974 bits per heavy atom. The van der Waals surface area contributed by atoms with E-state index in [0.717, 1.165) is 12.1 Å². The van der Waals surface area contributed by atoms with Crippen molar-refractivity contribution >= 4 is 35.0 Å². The topological polar surface area (TPSA) is 87.3 Å². The van der Waals surface area contributed by atoms with Gasteiger partial charge in [0.25, 0.3) is 17.7 Å². The van der Waals surface area contributed by atoms with Crippen LogP contribution in [0.5, 0.6) is 0 Å². The Labute approximate surface area is 223 Å². The molecule has 1 atom stereocenters. The number of halogens is 6. The standard InChI is InChI=1S/C27H19ClF5N3O3/c28-19-5-4-14(29)10-18(19)23-22-20(35-24(37)12-7-13(27(31,32)33)9-15(30)8-12)11-17-16(21(22)26(39)36-23)3-1-2-6-34-25(17)38/h4-5,7-11,23H,1-3,6H2,(H,34,38)(H,35,37)(H,36,39). The summed E-state index contributed by atoms with van der Waals surface area (Å²) in [4.78, 5) is 39.3. The summed E-state index contributed by atoms with van der Waals surface area (Å²) >= 11 is 6.32. The molecule has 39 heavy (non-hydrogen) atoms. The number of fused-ring (bicyclic) bond motifs is 3. The largest absolute Gasteiger partial charge is 0.416 e. The van der Waals surface area contributed by atoms with Crippen LogP contribution in [0.25, 0.3) is 0 Å². The van der Waals surface area contributed by atoms with Gasteiger partial charge in [-0.1, -0.05) is 11.6 Å². The fourth-order valence-electron chi connectivity index (χ4n) is 4.91. The average molecular weight is 564 g/mol. The van der Waals surface area contributed by atoms with Crippen LogP contribution >= 0.6 is 11.6 Å². The Kier molecular flexibility index (Phi) is 6.79. The zero-order chi connectivity index (χ0) is 28.1. The van der Waals surface area contributed by atoms with Gasteiger partial charge in [-0.15, -0.1) is 0 Å². The van der Waals surface area contributed by atoms with Gasteiger partial charge < -0.3 is 16.0 Å². The molecule has 12 heteroatoms. The lowest BCUT2D eigenvalue weighted by atomic mass is 9.87. The molecule has 3 amide bonds. The number of amides is 3. The van der Waals surface area contributed by atoms with Crippen LogP contribution < -0.4 is 16.0 Å². The van der Waals surface area contributed by atoms with Crippen molar-refractivity contribution in [3.05, 3.63) is 98.1 Å². The summed E-state index contributed by atoms with van der Waals surface area (Å²) in [6.07, 6.45) is -3.27. The average Bonchev–Trinajstić information content (AvgIpc) is 3.21. The third-order valence-corrected chi connectivity index (χ3v) is 7.00. The van der Waals surface area contributed by atoms with E-state index >= 15 is 0 Å². The van der Waals surface area contributed by atoms with E-state index in [1.165, 1.54) is 12.1 Å². The van der Waals surface area contributed by atoms with Gasteiger partial charge in [0, 0.05) is 39.5 Å². The molecule has 0 fully saturated rings. The smallest absolute Gasteiger partial charge is 0.352 e. The molecule has 0 aromatic heterocycles. The van der Waals surface area contributed by atoms with Gasteiger partial charge in [-0.05, 0) is 67.3 Å². The molecule has 2 heterocycles. The zero-order valence-corrected chi connectivity index (χ0v) is 20.7. The molecule has 5 rings (SSSR count). The maximum atomic E-state index is 14.2. The minimum Gasteiger partial charge on any atom is -0.352 e. The Balaban J connectivity index is 1.69. The van der Waals surface area contributed by atoms with Gasteiger partial charge in [-0.25, -0.2) is 8.78 Å². The Morgan fingerprint density at radius 3 is 2.49 bits per heavy atom. The second-order valence-electron chi connectivity index (χ2n) is 9.20. The number of hydrogen-bond donors (Lipinski definition) is 3. The van der Waals surface area contributed by atoms with E-state index in [2.05, 4.69) is 16.0 Å². The van der Waals surface area contributed by atoms with Crippen molar-refractivity contribution in [2.75, 3.05) is 11.9 Å². The number of hydrogen-bond acceptors (Lipinski definition) is 3. The molecule has 0 saturated heterocycles. The van der Waals surface area contributed by atoms with E-state index in [0.29, 0.717) is 43.5 Å². The van der Waals surface area contributed by atoms with Gasteiger partial charge in [-0.3, -0.25) is 14.4 Å². The number of nitrogens with one attached hydrogen (secondary N) is 3. The van der Waals surface area contributed by atoms with Crippen LogP contribution in [0.3, 0.4) is 0 Å². The van der Waals surface area contributed by atoms with Crippen molar-refractivity contribution in [1.82, 2.24) is 10.6 Å². The molecule has 3 N–H and O–H groups in total. The molecule has 0 spiro atoms. The van der Waals surface area contributed by atoms with Crippen LogP contribution in [0.4, 0.5) is 27.6 Å². The van der Waals surface area contributed by atoms with Crippen molar-refractivity contribution in [2.24, 2.45) is 0 Å². The lowest BCUT2D eigenvalue weighted by Crippen LogP contribution is -2.29. The van der Waals surface area contributed by atoms with Crippen molar-refractivity contribution in [1.29, 1.82) is 0 Å². The lowest BCUT2D eigenvalue weighted by Gasteiger charge is -2.22. The number of rotatable bonds is 3. The molecule has 0 aliphatic carbocycles. The summed E-state index contributed by atoms with van der Waals surface area (Å²) in [5.41, 5.74) is -1.16. The predicted molar refractivity (Wildman–Crippen MR) is 132 cm³/mol. The molecule has 3 aromatic rings. The van der Waals surface area contributed by atoms with Crippen molar-refractivity contribution in [2.45, 2.75) is 31.5 Å². The van der Waals surface area contributed by atoms with Gasteiger partial charge in [0.15, 0.2) is 0 Å². The summed E-state index contributed by atoms with van der Waals surface area (Å²) in [5, 5.41) is 7.99. The molecule has 0 radical (unpaired) electrons. The Hall–Kier alpha value is -3.99. The van der Waals surface area contributed by atoms with Crippen LogP contribution in [-0.2, 0) is 12.6 Å². The van der Waals surface area contributed by atoms with Crippen LogP contribution in [-0.4, -0.2) is 24.3 Å². The number of anilines is 1. The first-order chi connectivity index (χ1) is 18.4. The highest BCUT2D eigenvalue weighted by molar-refractivity contribution is 6.31. The third-order valence-electron chi connectivity index (χ3n) is 6.65. The number of carbonyl (C=O) groups is 3. The highest BCUT2D eigenvalue weighted by Gasteiger charge is 2.39. The van der Waals surface area contributed by atoms with E-state index in [4.69, 9.17) is 11.6 Å². The van der Waals surface area contributed by atoms with Crippen molar-refractivity contribution in [3.8, 4) is 0 Å². The second-order valence-corrected chi connectivity index (χ2v) is 9.61. The van der Waals surface area contributed by atoms with E-state index < -0.39 is 52.7 Å². The fraction of sp³-hybridized carbons (Fsp3) is 0.222. The van der Waals surface area contributed by atoms with Gasteiger partial charge in [0.05, 0.1) is 17.2 Å². The molecular formula is C27H19ClF5N3O3. The molecule has 2 aliphatic heterocycles. The SMILES string of the molecule is O=C(Nc1cc2c(c3c1C(c1cc(F)ccc1Cl)NC3=O)CCCCNC2=O)c1cc(F)cc(C(F)(F)F)c1.